The number of nitrogens with zero attached hydrogens (tertiary/aromatic N) is 1. The van der Waals surface area contributed by atoms with E-state index in [2.05, 4.69) is 15.0 Å². The van der Waals surface area contributed by atoms with Gasteiger partial charge >= 0.3 is 0 Å². The van der Waals surface area contributed by atoms with Gasteiger partial charge in [-0.1, -0.05) is 0 Å². The Morgan fingerprint density at radius 1 is 1.12 bits per heavy atom. The number of nitrogens with one attached hydrogen (secondary N) is 2. The number of amidine groups is 1. The lowest BCUT2D eigenvalue weighted by Crippen LogP contribution is -2.30. The molecule has 0 unspecified atom stereocenters. The van der Waals surface area contributed by atoms with Gasteiger partial charge in [-0.15, -0.1) is 0 Å². The third-order valence-corrected chi connectivity index (χ3v) is 5.78. The van der Waals surface area contributed by atoms with Crippen molar-refractivity contribution in [3.8, 4) is 5.75 Å². The molecule has 3 rings (SSSR count). The lowest BCUT2D eigenvalue weighted by Gasteiger charge is -2.16. The van der Waals surface area contributed by atoms with E-state index in [0.717, 1.165) is 42.0 Å². The molecule has 0 atom stereocenters. The second-order valence-electron chi connectivity index (χ2n) is 6.28. The number of anilines is 1. The van der Waals surface area contributed by atoms with E-state index in [4.69, 9.17) is 4.74 Å². The number of hydrogen-bond acceptors (Lipinski definition) is 5. The molecule has 2 N–H and O–H groups in total. The number of aliphatic imine (C=N–C) groups is 1. The van der Waals surface area contributed by atoms with Crippen LogP contribution in [-0.4, -0.2) is 34.5 Å². The minimum atomic E-state index is -3.75. The Morgan fingerprint density at radius 2 is 1.81 bits per heavy atom. The first kappa shape index (κ1) is 18.3. The Bertz CT molecular complexity index is 935. The maximum atomic E-state index is 12.8. The molecule has 138 valence electrons. The number of hydrogen-bond donors (Lipinski definition) is 2. The average molecular weight is 373 g/mol. The van der Waals surface area contributed by atoms with Crippen molar-refractivity contribution in [1.82, 2.24) is 5.32 Å². The van der Waals surface area contributed by atoms with Gasteiger partial charge in [0, 0.05) is 24.3 Å². The summed E-state index contributed by atoms with van der Waals surface area (Å²) in [6.45, 7) is 5.51. The second kappa shape index (κ2) is 7.37. The largest absolute Gasteiger partial charge is 0.495 e. The van der Waals surface area contributed by atoms with Crippen molar-refractivity contribution in [1.29, 1.82) is 0 Å². The SMILES string of the molecule is COc1cc(C)c(C)cc1S(=O)(=O)Nc1ccc(C2=NCCCN2)cc1. The Balaban J connectivity index is 1.86. The smallest absolute Gasteiger partial charge is 0.265 e. The predicted octanol–water partition coefficient (Wildman–Crippen LogP) is 2.85. The van der Waals surface area contributed by atoms with Crippen LogP contribution in [0.25, 0.3) is 0 Å². The van der Waals surface area contributed by atoms with E-state index in [1.807, 2.05) is 26.0 Å². The Hall–Kier alpha value is -2.54. The minimum absolute atomic E-state index is 0.130. The highest BCUT2D eigenvalue weighted by atomic mass is 32.2. The predicted molar refractivity (Wildman–Crippen MR) is 104 cm³/mol. The van der Waals surface area contributed by atoms with E-state index < -0.39 is 10.0 Å². The van der Waals surface area contributed by atoms with E-state index in [9.17, 15) is 8.42 Å². The highest BCUT2D eigenvalue weighted by molar-refractivity contribution is 7.92. The van der Waals surface area contributed by atoms with Gasteiger partial charge in [-0.05, 0) is 67.8 Å². The molecular formula is C19H23N3O3S. The summed E-state index contributed by atoms with van der Waals surface area (Å²) in [6.07, 6.45) is 1.03. The number of ether oxygens (including phenoxy) is 1. The quantitative estimate of drug-likeness (QED) is 0.845. The molecule has 6 nitrogen and oxygen atoms in total. The van der Waals surface area contributed by atoms with E-state index >= 15 is 0 Å². The van der Waals surface area contributed by atoms with E-state index in [1.54, 1.807) is 24.3 Å². The van der Waals surface area contributed by atoms with Crippen LogP contribution in [0.5, 0.6) is 5.75 Å². The summed E-state index contributed by atoms with van der Waals surface area (Å²) in [5.41, 5.74) is 3.30. The monoisotopic (exact) mass is 373 g/mol. The van der Waals surface area contributed by atoms with Gasteiger partial charge in [0.1, 0.15) is 16.5 Å². The molecule has 0 saturated heterocycles. The molecule has 0 spiro atoms. The van der Waals surface area contributed by atoms with Crippen LogP contribution in [0, 0.1) is 13.8 Å². The standard InChI is InChI=1S/C19H23N3O3S/c1-13-11-17(25-3)18(12-14(13)2)26(23,24)22-16-7-5-15(6-8-16)19-20-9-4-10-21-19/h5-8,11-12,22H,4,9-10H2,1-3H3,(H,20,21). The third-order valence-electron chi connectivity index (χ3n) is 4.38. The van der Waals surface area contributed by atoms with Crippen molar-refractivity contribution in [3.05, 3.63) is 53.1 Å². The zero-order valence-corrected chi connectivity index (χ0v) is 16.0. The molecule has 0 aliphatic carbocycles. The molecule has 1 aliphatic rings. The van der Waals surface area contributed by atoms with E-state index in [1.165, 1.54) is 7.11 Å². The van der Waals surface area contributed by atoms with Crippen molar-refractivity contribution >= 4 is 21.5 Å². The van der Waals surface area contributed by atoms with Gasteiger partial charge in [0.2, 0.25) is 0 Å². The average Bonchev–Trinajstić information content (AvgIpc) is 2.64. The highest BCUT2D eigenvalue weighted by Crippen LogP contribution is 2.29. The number of methoxy groups -OCH3 is 1. The molecule has 2 aromatic carbocycles. The van der Waals surface area contributed by atoms with Gasteiger partial charge in [0.25, 0.3) is 10.0 Å². The normalized spacial score (nSPS) is 14.3. The minimum Gasteiger partial charge on any atom is -0.495 e. The summed E-state index contributed by atoms with van der Waals surface area (Å²) in [5, 5.41) is 3.25. The fourth-order valence-electron chi connectivity index (χ4n) is 2.76. The van der Waals surface area contributed by atoms with Crippen molar-refractivity contribution in [2.45, 2.75) is 25.2 Å². The van der Waals surface area contributed by atoms with Crippen molar-refractivity contribution in [2.24, 2.45) is 4.99 Å². The molecular weight excluding hydrogens is 350 g/mol. The van der Waals surface area contributed by atoms with Crippen LogP contribution in [0.4, 0.5) is 5.69 Å². The first-order valence-electron chi connectivity index (χ1n) is 8.47. The maximum Gasteiger partial charge on any atom is 0.265 e. The molecule has 0 amide bonds. The summed E-state index contributed by atoms with van der Waals surface area (Å²) in [6, 6.07) is 10.5. The molecule has 26 heavy (non-hydrogen) atoms. The van der Waals surface area contributed by atoms with E-state index in [0.29, 0.717) is 11.4 Å². The van der Waals surface area contributed by atoms with Gasteiger partial charge in [0.15, 0.2) is 0 Å². The second-order valence-corrected chi connectivity index (χ2v) is 7.93. The molecule has 1 aliphatic heterocycles. The van der Waals surface area contributed by atoms with Gasteiger partial charge in [0.05, 0.1) is 7.11 Å². The van der Waals surface area contributed by atoms with Crippen LogP contribution in [0.1, 0.15) is 23.1 Å². The van der Waals surface area contributed by atoms with E-state index in [-0.39, 0.29) is 4.90 Å². The third kappa shape index (κ3) is 3.83. The summed E-state index contributed by atoms with van der Waals surface area (Å²) in [4.78, 5) is 4.57. The molecule has 0 bridgehead atoms. The van der Waals surface area contributed by atoms with Crippen molar-refractivity contribution in [2.75, 3.05) is 24.9 Å². The number of aryl methyl sites for hydroxylation is 2. The van der Waals surface area contributed by atoms with Crippen LogP contribution in [0.2, 0.25) is 0 Å². The van der Waals surface area contributed by atoms with Gasteiger partial charge in [-0.2, -0.15) is 0 Å². The number of sulfonamides is 1. The Labute approximate surface area is 154 Å². The van der Waals surface area contributed by atoms with Crippen LogP contribution in [-0.2, 0) is 10.0 Å². The molecule has 7 heteroatoms. The Morgan fingerprint density at radius 3 is 2.42 bits per heavy atom. The highest BCUT2D eigenvalue weighted by Gasteiger charge is 2.21. The number of benzene rings is 2. The van der Waals surface area contributed by atoms with Gasteiger partial charge in [-0.25, -0.2) is 8.42 Å². The molecule has 0 aromatic heterocycles. The van der Waals surface area contributed by atoms with Crippen LogP contribution >= 0.6 is 0 Å². The summed E-state index contributed by atoms with van der Waals surface area (Å²) in [5.74, 6) is 1.18. The lowest BCUT2D eigenvalue weighted by atomic mass is 10.1. The van der Waals surface area contributed by atoms with Crippen molar-refractivity contribution < 1.29 is 13.2 Å². The fourth-order valence-corrected chi connectivity index (χ4v) is 4.06. The summed E-state index contributed by atoms with van der Waals surface area (Å²) in [7, 11) is -2.29. The molecule has 1 heterocycles. The molecule has 0 radical (unpaired) electrons. The van der Waals surface area contributed by atoms with Gasteiger partial charge < -0.3 is 10.1 Å². The van der Waals surface area contributed by atoms with Crippen LogP contribution in [0.3, 0.4) is 0 Å². The summed E-state index contributed by atoms with van der Waals surface area (Å²) >= 11 is 0. The summed E-state index contributed by atoms with van der Waals surface area (Å²) < 4.78 is 33.5. The lowest BCUT2D eigenvalue weighted by molar-refractivity contribution is 0.402. The first-order chi connectivity index (χ1) is 12.4. The Kier molecular flexibility index (Phi) is 5.18. The molecule has 0 saturated carbocycles. The van der Waals surface area contributed by atoms with Crippen LogP contribution in [0.15, 0.2) is 46.3 Å². The molecule has 0 fully saturated rings. The fraction of sp³-hybridized carbons (Fsp3) is 0.316. The van der Waals surface area contributed by atoms with Gasteiger partial charge in [-0.3, -0.25) is 9.71 Å². The maximum absolute atomic E-state index is 12.8. The number of rotatable bonds is 5. The first-order valence-corrected chi connectivity index (χ1v) is 9.96. The van der Waals surface area contributed by atoms with Crippen LogP contribution < -0.4 is 14.8 Å². The zero-order valence-electron chi connectivity index (χ0n) is 15.2. The van der Waals surface area contributed by atoms with Crippen molar-refractivity contribution in [3.63, 3.8) is 0 Å². The topological polar surface area (TPSA) is 79.8 Å². The zero-order chi connectivity index (χ0) is 18.7. The molecule has 2 aromatic rings.